The van der Waals surface area contributed by atoms with E-state index in [0.29, 0.717) is 18.0 Å². The normalized spacial score (nSPS) is 10.3. The lowest BCUT2D eigenvalue weighted by atomic mass is 10.3. The van der Waals surface area contributed by atoms with Crippen molar-refractivity contribution in [2.75, 3.05) is 25.1 Å². The molecule has 0 amide bonds. The van der Waals surface area contributed by atoms with Crippen LogP contribution in [-0.2, 0) is 4.74 Å². The van der Waals surface area contributed by atoms with Crippen molar-refractivity contribution in [2.24, 2.45) is 0 Å². The number of carbonyl (C=O) groups is 1. The smallest absolute Gasteiger partial charge is 0.487 e. The van der Waals surface area contributed by atoms with Crippen LogP contribution in [0.3, 0.4) is 0 Å². The third-order valence-electron chi connectivity index (χ3n) is 3.25. The van der Waals surface area contributed by atoms with E-state index in [1.165, 1.54) is 0 Å². The molecule has 0 aliphatic rings. The Bertz CT molecular complexity index is 643. The number of likely N-dealkylation sites (N-methyl/N-ethyl adjacent to an activating group) is 1. The van der Waals surface area contributed by atoms with E-state index in [2.05, 4.69) is 0 Å². The summed E-state index contributed by atoms with van der Waals surface area (Å²) in [5.74, 6) is 0.874. The fourth-order valence-corrected chi connectivity index (χ4v) is 2.08. The van der Waals surface area contributed by atoms with Gasteiger partial charge in [-0.15, -0.1) is 0 Å². The van der Waals surface area contributed by atoms with Gasteiger partial charge in [0.1, 0.15) is 6.61 Å². The summed E-state index contributed by atoms with van der Waals surface area (Å²) < 4.78 is 16.0. The van der Waals surface area contributed by atoms with Crippen LogP contribution >= 0.6 is 0 Å². The lowest BCUT2D eigenvalue weighted by Gasteiger charge is -2.19. The summed E-state index contributed by atoms with van der Waals surface area (Å²) in [4.78, 5) is 13.9. The van der Waals surface area contributed by atoms with Crippen LogP contribution in [0.15, 0.2) is 54.6 Å². The first-order chi connectivity index (χ1) is 11.6. The molecule has 0 bridgehead atoms. The highest BCUT2D eigenvalue weighted by atomic mass is 16.7. The molecule has 0 fully saturated rings. The molecule has 0 spiro atoms. The van der Waals surface area contributed by atoms with E-state index in [1.807, 2.05) is 62.2 Å². The first-order valence-corrected chi connectivity index (χ1v) is 7.92. The number of ether oxygens (including phenoxy) is 3. The second-order valence-corrected chi connectivity index (χ2v) is 5.57. The van der Waals surface area contributed by atoms with Gasteiger partial charge in [-0.05, 0) is 38.1 Å². The Hall–Kier alpha value is -2.69. The first-order valence-electron chi connectivity index (χ1n) is 7.92. The maximum atomic E-state index is 11.8. The standard InChI is InChI=1S/C19H23NO4/c1-15(2)23-17-11-7-8-12-18(17)24-19(21)22-14-13-20(3)16-9-5-4-6-10-16/h4-12,15H,13-14H2,1-3H3. The van der Waals surface area contributed by atoms with Gasteiger partial charge < -0.3 is 19.1 Å². The van der Waals surface area contributed by atoms with Crippen LogP contribution in [0.2, 0.25) is 0 Å². The molecule has 0 saturated carbocycles. The maximum absolute atomic E-state index is 11.8. The monoisotopic (exact) mass is 329 g/mol. The summed E-state index contributed by atoms with van der Waals surface area (Å²) in [5, 5.41) is 0. The lowest BCUT2D eigenvalue weighted by Crippen LogP contribution is -2.24. The molecule has 5 nitrogen and oxygen atoms in total. The van der Waals surface area contributed by atoms with Gasteiger partial charge in [0.2, 0.25) is 0 Å². The predicted molar refractivity (Wildman–Crippen MR) is 93.9 cm³/mol. The molecule has 0 radical (unpaired) electrons. The summed E-state index contributed by atoms with van der Waals surface area (Å²) >= 11 is 0. The van der Waals surface area contributed by atoms with Crippen molar-refractivity contribution in [1.29, 1.82) is 0 Å². The Kier molecular flexibility index (Phi) is 6.49. The Morgan fingerprint density at radius 1 is 1.00 bits per heavy atom. The molecule has 2 aromatic rings. The molecule has 0 aromatic heterocycles. The molecule has 128 valence electrons. The molecule has 2 rings (SSSR count). The third-order valence-corrected chi connectivity index (χ3v) is 3.25. The Labute approximate surface area is 142 Å². The summed E-state index contributed by atoms with van der Waals surface area (Å²) in [6.07, 6.45) is -0.749. The number of para-hydroxylation sites is 3. The molecular weight excluding hydrogens is 306 g/mol. The fourth-order valence-electron chi connectivity index (χ4n) is 2.08. The predicted octanol–water partition coefficient (Wildman–Crippen LogP) is 4.13. The quantitative estimate of drug-likeness (QED) is 0.565. The van der Waals surface area contributed by atoms with Crippen LogP contribution in [0.25, 0.3) is 0 Å². The van der Waals surface area contributed by atoms with Gasteiger partial charge in [-0.3, -0.25) is 0 Å². The average molecular weight is 329 g/mol. The highest BCUT2D eigenvalue weighted by Gasteiger charge is 2.12. The van der Waals surface area contributed by atoms with E-state index in [0.717, 1.165) is 5.69 Å². The highest BCUT2D eigenvalue weighted by molar-refractivity contribution is 5.65. The van der Waals surface area contributed by atoms with E-state index >= 15 is 0 Å². The number of carbonyl (C=O) groups excluding carboxylic acids is 1. The second-order valence-electron chi connectivity index (χ2n) is 5.57. The molecule has 0 unspecified atom stereocenters. The summed E-state index contributed by atoms with van der Waals surface area (Å²) in [5.41, 5.74) is 1.06. The van der Waals surface area contributed by atoms with Crippen LogP contribution in [0, 0.1) is 0 Å². The first kappa shape index (κ1) is 17.7. The molecule has 0 heterocycles. The zero-order valence-electron chi connectivity index (χ0n) is 14.3. The molecular formula is C19H23NO4. The van der Waals surface area contributed by atoms with Crippen molar-refractivity contribution in [3.63, 3.8) is 0 Å². The molecule has 0 aliphatic carbocycles. The van der Waals surface area contributed by atoms with Gasteiger partial charge in [-0.1, -0.05) is 30.3 Å². The summed E-state index contributed by atoms with van der Waals surface area (Å²) in [6, 6.07) is 16.9. The molecule has 5 heteroatoms. The SMILES string of the molecule is CC(C)Oc1ccccc1OC(=O)OCCN(C)c1ccccc1. The van der Waals surface area contributed by atoms with Crippen LogP contribution < -0.4 is 14.4 Å². The summed E-state index contributed by atoms with van der Waals surface area (Å²) in [6.45, 7) is 4.63. The van der Waals surface area contributed by atoms with Crippen molar-refractivity contribution in [1.82, 2.24) is 0 Å². The van der Waals surface area contributed by atoms with Crippen LogP contribution in [-0.4, -0.2) is 32.5 Å². The number of hydrogen-bond donors (Lipinski definition) is 0. The topological polar surface area (TPSA) is 48.0 Å². The van der Waals surface area contributed by atoms with Crippen molar-refractivity contribution < 1.29 is 19.0 Å². The Balaban J connectivity index is 1.82. The van der Waals surface area contributed by atoms with Crippen LogP contribution in [0.4, 0.5) is 10.5 Å². The van der Waals surface area contributed by atoms with E-state index in [9.17, 15) is 4.79 Å². The highest BCUT2D eigenvalue weighted by Crippen LogP contribution is 2.27. The summed E-state index contributed by atoms with van der Waals surface area (Å²) in [7, 11) is 1.94. The minimum Gasteiger partial charge on any atom is -0.487 e. The minimum absolute atomic E-state index is 0.00899. The van der Waals surface area contributed by atoms with Crippen molar-refractivity contribution in [2.45, 2.75) is 20.0 Å². The molecule has 0 N–H and O–H groups in total. The number of hydrogen-bond acceptors (Lipinski definition) is 5. The van der Waals surface area contributed by atoms with E-state index in [4.69, 9.17) is 14.2 Å². The van der Waals surface area contributed by atoms with Crippen LogP contribution in [0.1, 0.15) is 13.8 Å². The van der Waals surface area contributed by atoms with Gasteiger partial charge in [0, 0.05) is 12.7 Å². The zero-order chi connectivity index (χ0) is 17.4. The van der Waals surface area contributed by atoms with E-state index in [-0.39, 0.29) is 12.7 Å². The molecule has 24 heavy (non-hydrogen) atoms. The van der Waals surface area contributed by atoms with Gasteiger partial charge in [0.05, 0.1) is 12.6 Å². The zero-order valence-corrected chi connectivity index (χ0v) is 14.3. The van der Waals surface area contributed by atoms with Gasteiger partial charge in [-0.25, -0.2) is 4.79 Å². The number of rotatable bonds is 7. The van der Waals surface area contributed by atoms with Gasteiger partial charge in [0.15, 0.2) is 11.5 Å². The Morgan fingerprint density at radius 2 is 1.62 bits per heavy atom. The number of anilines is 1. The van der Waals surface area contributed by atoms with Crippen molar-refractivity contribution in [3.8, 4) is 11.5 Å². The van der Waals surface area contributed by atoms with Gasteiger partial charge in [0.25, 0.3) is 0 Å². The maximum Gasteiger partial charge on any atom is 0.514 e. The van der Waals surface area contributed by atoms with Crippen molar-refractivity contribution in [3.05, 3.63) is 54.6 Å². The van der Waals surface area contributed by atoms with Gasteiger partial charge in [-0.2, -0.15) is 0 Å². The van der Waals surface area contributed by atoms with Crippen molar-refractivity contribution >= 4 is 11.8 Å². The number of nitrogens with zero attached hydrogens (tertiary/aromatic N) is 1. The van der Waals surface area contributed by atoms with Crippen LogP contribution in [0.5, 0.6) is 11.5 Å². The third kappa shape index (κ3) is 5.50. The fraction of sp³-hybridized carbons (Fsp3) is 0.316. The van der Waals surface area contributed by atoms with E-state index < -0.39 is 6.16 Å². The number of benzene rings is 2. The molecule has 0 saturated heterocycles. The lowest BCUT2D eigenvalue weighted by molar-refractivity contribution is 0.0992. The van der Waals surface area contributed by atoms with Gasteiger partial charge >= 0.3 is 6.16 Å². The average Bonchev–Trinajstić information content (AvgIpc) is 2.57. The van der Waals surface area contributed by atoms with E-state index in [1.54, 1.807) is 18.2 Å². The molecule has 0 aliphatic heterocycles. The Morgan fingerprint density at radius 3 is 2.29 bits per heavy atom. The molecule has 2 aromatic carbocycles. The molecule has 0 atom stereocenters. The minimum atomic E-state index is -0.740. The largest absolute Gasteiger partial charge is 0.514 e. The second kappa shape index (κ2) is 8.82.